The van der Waals surface area contributed by atoms with Gasteiger partial charge in [-0.3, -0.25) is 9.59 Å². The maximum Gasteiger partial charge on any atom is 1.00 e. The molecule has 16 nitrogen and oxygen atoms in total. The first-order valence-corrected chi connectivity index (χ1v) is 18.7. The van der Waals surface area contributed by atoms with E-state index in [1.807, 2.05) is 0 Å². The number of nitrogens with one attached hydrogen (secondary N) is 3. The number of benzene rings is 3. The van der Waals surface area contributed by atoms with Gasteiger partial charge < -0.3 is 30.6 Å². The first-order chi connectivity index (χ1) is 23.2. The SMILES string of the molecule is CC(=O)Nc1cc(N=Nc2snc3ccc(S(=O)(=O)NC4CC(C)(C)N([O-])C(C)(C)C4)cc23)cc(NC(=O)c2ccccc2S(=O)(=O)[O-])c1O.[Na+]. The monoisotopic (exact) mass is 766 g/mol. The normalized spacial score (nSPS) is 16.5. The molecule has 1 aliphatic rings. The number of rotatable bonds is 9. The summed E-state index contributed by atoms with van der Waals surface area (Å²) in [6, 6.07) is 11.0. The molecule has 2 heterocycles. The Kier molecular flexibility index (Phi) is 11.8. The number of anilines is 2. The van der Waals surface area contributed by atoms with Gasteiger partial charge in [-0.1, -0.05) is 12.1 Å². The van der Waals surface area contributed by atoms with Gasteiger partial charge in [0.05, 0.1) is 37.9 Å². The van der Waals surface area contributed by atoms with Gasteiger partial charge in [0, 0.05) is 29.4 Å². The number of aromatic nitrogens is 1. The number of amides is 2. The molecule has 266 valence electrons. The number of sulfonamides is 1. The summed E-state index contributed by atoms with van der Waals surface area (Å²) in [5, 5.41) is 38.3. The maximum absolute atomic E-state index is 13.5. The van der Waals surface area contributed by atoms with Crippen molar-refractivity contribution in [3.63, 3.8) is 0 Å². The molecule has 2 amide bonds. The maximum atomic E-state index is 13.5. The van der Waals surface area contributed by atoms with E-state index < -0.39 is 65.3 Å². The summed E-state index contributed by atoms with van der Waals surface area (Å²) in [5.41, 5.74) is -2.07. The van der Waals surface area contributed by atoms with Crippen molar-refractivity contribution in [2.45, 2.75) is 74.4 Å². The van der Waals surface area contributed by atoms with Crippen LogP contribution < -0.4 is 44.9 Å². The van der Waals surface area contributed by atoms with Gasteiger partial charge in [-0.25, -0.2) is 21.6 Å². The van der Waals surface area contributed by atoms with Gasteiger partial charge in [0.15, 0.2) is 10.8 Å². The molecule has 0 aliphatic carbocycles. The molecule has 0 saturated carbocycles. The number of phenolic OH excluding ortho intramolecular Hbond substituents is 1. The number of azo groups is 1. The van der Waals surface area contributed by atoms with E-state index in [9.17, 15) is 41.3 Å². The molecule has 3 aromatic carbocycles. The minimum Gasteiger partial charge on any atom is -0.784 e. The number of hydroxylamine groups is 2. The smallest absolute Gasteiger partial charge is 0.784 e. The van der Waals surface area contributed by atoms with Crippen LogP contribution in [0, 0.1) is 5.21 Å². The van der Waals surface area contributed by atoms with Gasteiger partial charge in [-0.2, -0.15) is 4.37 Å². The standard InChI is InChI=1S/C31H34N7O9S3.Na/c1-17(39)32-24-12-18(13-25(27(24)40)33-28(41)21-8-6-7-9-26(21)50(45,46)47)34-35-29-22-14-20(10-11-23(22)36-48-29)49(43,44)37-19-15-30(2,3)38(42)31(4,5)16-19;/h6-14,19,37,40H,15-16H2,1-5H3,(H,32,39)(H,33,41)(H,45,46,47);/q-1;+1/p-1. The molecule has 0 radical (unpaired) electrons. The molecule has 0 bridgehead atoms. The van der Waals surface area contributed by atoms with Crippen LogP contribution in [0.2, 0.25) is 0 Å². The van der Waals surface area contributed by atoms with E-state index in [1.165, 1.54) is 49.4 Å². The van der Waals surface area contributed by atoms with Crippen LogP contribution in [0.1, 0.15) is 57.8 Å². The van der Waals surface area contributed by atoms with Gasteiger partial charge in [-0.15, -0.1) is 10.2 Å². The Labute approximate surface area is 320 Å². The zero-order valence-corrected chi connectivity index (χ0v) is 32.9. The number of hydrogen-bond acceptors (Lipinski definition) is 14. The van der Waals surface area contributed by atoms with Gasteiger partial charge in [0.25, 0.3) is 5.91 Å². The second-order valence-electron chi connectivity index (χ2n) is 13.0. The zero-order valence-electron chi connectivity index (χ0n) is 28.4. The minimum atomic E-state index is -5.02. The Morgan fingerprint density at radius 1 is 0.961 bits per heavy atom. The minimum absolute atomic E-state index is 0. The molecule has 1 aromatic heterocycles. The molecule has 20 heteroatoms. The average molecular weight is 767 g/mol. The Bertz CT molecular complexity index is 2240. The second-order valence-corrected chi connectivity index (χ2v) is 16.8. The Hall–Kier alpha value is -3.37. The zero-order chi connectivity index (χ0) is 36.8. The van der Waals surface area contributed by atoms with Gasteiger partial charge in [-0.05, 0) is 94.5 Å². The van der Waals surface area contributed by atoms with Crippen LogP contribution >= 0.6 is 11.5 Å². The van der Waals surface area contributed by atoms with E-state index in [4.69, 9.17) is 0 Å². The molecule has 1 saturated heterocycles. The number of nitrogens with zero attached hydrogens (tertiary/aromatic N) is 4. The number of aromatic hydroxyl groups is 1. The molecule has 4 N–H and O–H groups in total. The third-order valence-corrected chi connectivity index (χ3v) is 11.1. The van der Waals surface area contributed by atoms with E-state index in [-0.39, 0.29) is 56.5 Å². The van der Waals surface area contributed by atoms with E-state index in [0.717, 1.165) is 28.7 Å². The quantitative estimate of drug-likeness (QED) is 0.0833. The van der Waals surface area contributed by atoms with Crippen LogP contribution in [0.4, 0.5) is 22.1 Å². The summed E-state index contributed by atoms with van der Waals surface area (Å²) in [5.74, 6) is -2.20. The largest absolute Gasteiger partial charge is 1.00 e. The summed E-state index contributed by atoms with van der Waals surface area (Å²) in [6.07, 6.45) is 0.612. The van der Waals surface area contributed by atoms with Crippen molar-refractivity contribution in [3.05, 3.63) is 65.4 Å². The predicted octanol–water partition coefficient (Wildman–Crippen LogP) is 2.33. The van der Waals surface area contributed by atoms with Gasteiger partial charge in [0.2, 0.25) is 15.9 Å². The fourth-order valence-corrected chi connectivity index (χ4v) is 8.62. The van der Waals surface area contributed by atoms with Crippen LogP contribution in [-0.2, 0) is 24.9 Å². The first kappa shape index (κ1) is 40.4. The first-order valence-electron chi connectivity index (χ1n) is 15.0. The van der Waals surface area contributed by atoms with E-state index in [2.05, 4.69) is 30.0 Å². The molecule has 0 spiro atoms. The van der Waals surface area contributed by atoms with Crippen molar-refractivity contribution in [2.24, 2.45) is 10.2 Å². The summed E-state index contributed by atoms with van der Waals surface area (Å²) < 4.78 is 69.2. The van der Waals surface area contributed by atoms with E-state index in [1.54, 1.807) is 27.7 Å². The molecule has 0 atom stereocenters. The van der Waals surface area contributed by atoms with Crippen LogP contribution in [0.25, 0.3) is 10.9 Å². The third-order valence-electron chi connectivity index (χ3n) is 7.96. The second kappa shape index (κ2) is 14.9. The molecule has 0 unspecified atom stereocenters. The van der Waals surface area contributed by atoms with Crippen LogP contribution in [0.15, 0.2) is 74.6 Å². The summed E-state index contributed by atoms with van der Waals surface area (Å²) in [7, 11) is -9.06. The summed E-state index contributed by atoms with van der Waals surface area (Å²) in [6.45, 7) is 8.26. The number of carbonyl (C=O) groups is 2. The molecule has 4 aromatic rings. The predicted molar refractivity (Wildman–Crippen MR) is 185 cm³/mol. The third kappa shape index (κ3) is 8.99. The molecular weight excluding hydrogens is 734 g/mol. The Morgan fingerprint density at radius 3 is 2.18 bits per heavy atom. The number of fused-ring (bicyclic) bond motifs is 1. The van der Waals surface area contributed by atoms with Gasteiger partial charge >= 0.3 is 29.6 Å². The number of carbonyl (C=O) groups excluding carboxylic acids is 2. The summed E-state index contributed by atoms with van der Waals surface area (Å²) >= 11 is 0.930. The number of phenols is 1. The van der Waals surface area contributed by atoms with Crippen LogP contribution in [0.3, 0.4) is 0 Å². The Balaban J connectivity index is 0.00000583. The van der Waals surface area contributed by atoms with Crippen LogP contribution in [-0.4, -0.2) is 64.9 Å². The average Bonchev–Trinajstić information content (AvgIpc) is 3.42. The summed E-state index contributed by atoms with van der Waals surface area (Å²) in [4.78, 5) is 24.1. The van der Waals surface area contributed by atoms with Gasteiger partial charge in [0.1, 0.15) is 10.1 Å². The molecule has 1 fully saturated rings. The molecule has 5 rings (SSSR count). The van der Waals surface area contributed by atoms with Crippen molar-refractivity contribution in [2.75, 3.05) is 10.6 Å². The Morgan fingerprint density at radius 2 is 1.57 bits per heavy atom. The topological polar surface area (TPSA) is 246 Å². The van der Waals surface area contributed by atoms with Crippen molar-refractivity contribution in [1.82, 2.24) is 14.2 Å². The molecule has 51 heavy (non-hydrogen) atoms. The fraction of sp³-hybridized carbons (Fsp3) is 0.323. The number of piperidine rings is 1. The van der Waals surface area contributed by atoms with Crippen molar-refractivity contribution in [1.29, 1.82) is 0 Å². The van der Waals surface area contributed by atoms with Crippen molar-refractivity contribution < 1.29 is 65.6 Å². The molecular formula is C31H33N7NaO9S3-. The molecule has 1 aliphatic heterocycles. The fourth-order valence-electron chi connectivity index (χ4n) is 6.00. The van der Waals surface area contributed by atoms with Crippen LogP contribution in [0.5, 0.6) is 5.75 Å². The van der Waals surface area contributed by atoms with Crippen molar-refractivity contribution in [3.8, 4) is 5.75 Å². The van der Waals surface area contributed by atoms with E-state index in [0.29, 0.717) is 23.7 Å². The van der Waals surface area contributed by atoms with E-state index >= 15 is 0 Å². The van der Waals surface area contributed by atoms with Crippen molar-refractivity contribution >= 4 is 76.5 Å². The number of hydrogen-bond donors (Lipinski definition) is 4.